The molecule has 114 valence electrons. The maximum Gasteiger partial charge on any atom is 0.468 e. The van der Waals surface area contributed by atoms with E-state index in [2.05, 4.69) is 19.9 Å². The molecular weight excluding hydrogens is 303 g/mol. The van der Waals surface area contributed by atoms with Crippen molar-refractivity contribution in [3.63, 3.8) is 0 Å². The molecule has 6 nitrogen and oxygen atoms in total. The average Bonchev–Trinajstić information content (AvgIpc) is 3.04. The number of nitrogens with one attached hydrogen (secondary N) is 1. The third-order valence-electron chi connectivity index (χ3n) is 2.76. The number of fused-ring (bicyclic) bond motifs is 1. The summed E-state index contributed by atoms with van der Waals surface area (Å²) in [6.07, 6.45) is -4.71. The minimum Gasteiger partial charge on any atom is -0.433 e. The maximum absolute atomic E-state index is 12.6. The summed E-state index contributed by atoms with van der Waals surface area (Å²) in [5.74, 6) is -2.08. The molecule has 0 aliphatic carbocycles. The Labute approximate surface area is 120 Å². The fourth-order valence-corrected chi connectivity index (χ4v) is 1.83. The number of benzene rings is 1. The number of amides is 1. The van der Waals surface area contributed by atoms with Gasteiger partial charge >= 0.3 is 12.1 Å². The van der Waals surface area contributed by atoms with Gasteiger partial charge in [-0.1, -0.05) is 11.2 Å². The molecule has 1 aromatic carbocycles. The first-order valence-electron chi connectivity index (χ1n) is 6.06. The van der Waals surface area contributed by atoms with Gasteiger partial charge in [0.15, 0.2) is 5.58 Å². The van der Waals surface area contributed by atoms with Crippen molar-refractivity contribution in [1.82, 2.24) is 10.1 Å². The van der Waals surface area contributed by atoms with Crippen LogP contribution in [0.4, 0.5) is 18.9 Å². The molecule has 1 amide bonds. The van der Waals surface area contributed by atoms with Crippen LogP contribution in [0, 0.1) is 6.92 Å². The predicted octanol–water partition coefficient (Wildman–Crippen LogP) is 3.40. The third kappa shape index (κ3) is 2.52. The number of aromatic nitrogens is 2. The number of hydrogen-bond donors (Lipinski definition) is 1. The lowest BCUT2D eigenvalue weighted by Crippen LogP contribution is -2.11. The molecule has 0 spiro atoms. The van der Waals surface area contributed by atoms with Crippen LogP contribution < -0.4 is 5.32 Å². The van der Waals surface area contributed by atoms with Gasteiger partial charge in [0, 0.05) is 6.07 Å². The Balaban J connectivity index is 1.97. The highest BCUT2D eigenvalue weighted by Gasteiger charge is 2.37. The number of hydrogen-bond acceptors (Lipinski definition) is 5. The molecule has 3 rings (SSSR count). The number of anilines is 1. The number of aryl methyl sites for hydroxylation is 1. The van der Waals surface area contributed by atoms with Gasteiger partial charge in [-0.3, -0.25) is 4.79 Å². The van der Waals surface area contributed by atoms with Crippen molar-refractivity contribution in [2.45, 2.75) is 13.1 Å². The average molecular weight is 311 g/mol. The molecule has 9 heteroatoms. The first kappa shape index (κ1) is 14.1. The van der Waals surface area contributed by atoms with Crippen molar-refractivity contribution in [1.29, 1.82) is 0 Å². The van der Waals surface area contributed by atoms with Gasteiger partial charge in [-0.25, -0.2) is 4.98 Å². The van der Waals surface area contributed by atoms with E-state index in [0.717, 1.165) is 0 Å². The standard InChI is InChI=1S/C13H8F3N3O3/c1-6-5-9(22-19-6)11(20)17-7-3-2-4-8-10(7)18-12(21-8)13(14,15)16/h2-5H,1H3,(H,17,20). The molecule has 0 fully saturated rings. The molecule has 2 aromatic heterocycles. The van der Waals surface area contributed by atoms with Gasteiger partial charge in [0.1, 0.15) is 5.52 Å². The summed E-state index contributed by atoms with van der Waals surface area (Å²) in [6.45, 7) is 1.63. The van der Waals surface area contributed by atoms with Crippen LogP contribution in [0.1, 0.15) is 22.1 Å². The summed E-state index contributed by atoms with van der Waals surface area (Å²) in [5, 5.41) is 5.98. The van der Waals surface area contributed by atoms with E-state index in [1.54, 1.807) is 6.92 Å². The molecule has 0 radical (unpaired) electrons. The topological polar surface area (TPSA) is 81.2 Å². The second-order valence-corrected chi connectivity index (χ2v) is 4.46. The minimum absolute atomic E-state index is 0.0611. The van der Waals surface area contributed by atoms with E-state index in [1.165, 1.54) is 24.3 Å². The van der Waals surface area contributed by atoms with E-state index >= 15 is 0 Å². The molecule has 0 aliphatic rings. The van der Waals surface area contributed by atoms with E-state index < -0.39 is 18.0 Å². The summed E-state index contributed by atoms with van der Waals surface area (Å²) in [4.78, 5) is 15.3. The molecule has 2 heterocycles. The number of carbonyl (C=O) groups is 1. The van der Waals surface area contributed by atoms with Crippen molar-refractivity contribution in [2.24, 2.45) is 0 Å². The molecule has 1 N–H and O–H groups in total. The number of nitrogens with zero attached hydrogens (tertiary/aromatic N) is 2. The molecule has 22 heavy (non-hydrogen) atoms. The van der Waals surface area contributed by atoms with E-state index in [0.29, 0.717) is 5.69 Å². The number of para-hydroxylation sites is 1. The van der Waals surface area contributed by atoms with Gasteiger partial charge in [0.2, 0.25) is 5.76 Å². The number of halogens is 3. The van der Waals surface area contributed by atoms with Crippen LogP contribution in [0.25, 0.3) is 11.1 Å². The Bertz CT molecular complexity index is 851. The van der Waals surface area contributed by atoms with E-state index in [1.807, 2.05) is 0 Å². The van der Waals surface area contributed by atoms with Crippen LogP contribution >= 0.6 is 0 Å². The third-order valence-corrected chi connectivity index (χ3v) is 2.76. The molecule has 0 unspecified atom stereocenters. The molecule has 0 atom stereocenters. The lowest BCUT2D eigenvalue weighted by Gasteiger charge is -2.02. The molecule has 3 aromatic rings. The van der Waals surface area contributed by atoms with Gasteiger partial charge in [-0.05, 0) is 19.1 Å². The Morgan fingerprint density at radius 2 is 2.09 bits per heavy atom. The quantitative estimate of drug-likeness (QED) is 0.784. The normalized spacial score (nSPS) is 11.8. The first-order valence-corrected chi connectivity index (χ1v) is 6.06. The van der Waals surface area contributed by atoms with E-state index in [-0.39, 0.29) is 22.5 Å². The second kappa shape index (κ2) is 4.86. The van der Waals surface area contributed by atoms with Crippen molar-refractivity contribution < 1.29 is 26.9 Å². The fourth-order valence-electron chi connectivity index (χ4n) is 1.83. The highest BCUT2D eigenvalue weighted by Crippen LogP contribution is 2.33. The van der Waals surface area contributed by atoms with Crippen LogP contribution in [0.2, 0.25) is 0 Å². The lowest BCUT2D eigenvalue weighted by atomic mass is 10.2. The Morgan fingerprint density at radius 1 is 1.32 bits per heavy atom. The molecule has 0 saturated carbocycles. The largest absolute Gasteiger partial charge is 0.468 e. The monoisotopic (exact) mass is 311 g/mol. The lowest BCUT2D eigenvalue weighted by molar-refractivity contribution is -0.156. The van der Waals surface area contributed by atoms with Gasteiger partial charge in [-0.2, -0.15) is 13.2 Å². The van der Waals surface area contributed by atoms with Gasteiger partial charge in [0.05, 0.1) is 11.4 Å². The van der Waals surface area contributed by atoms with E-state index in [4.69, 9.17) is 4.52 Å². The molecular formula is C13H8F3N3O3. The summed E-state index contributed by atoms with van der Waals surface area (Å²) < 4.78 is 47.3. The number of alkyl halides is 3. The Hall–Kier alpha value is -2.84. The van der Waals surface area contributed by atoms with Crippen LogP contribution in [-0.2, 0) is 6.18 Å². The first-order chi connectivity index (χ1) is 10.3. The van der Waals surface area contributed by atoms with Crippen molar-refractivity contribution >= 4 is 22.7 Å². The van der Waals surface area contributed by atoms with Crippen molar-refractivity contribution in [3.8, 4) is 0 Å². The van der Waals surface area contributed by atoms with Crippen LogP contribution in [-0.4, -0.2) is 16.0 Å². The zero-order valence-corrected chi connectivity index (χ0v) is 11.1. The maximum atomic E-state index is 12.6. The van der Waals surface area contributed by atoms with Crippen molar-refractivity contribution in [2.75, 3.05) is 5.32 Å². The zero-order chi connectivity index (χ0) is 15.9. The summed E-state index contributed by atoms with van der Waals surface area (Å²) in [7, 11) is 0. The van der Waals surface area contributed by atoms with E-state index in [9.17, 15) is 18.0 Å². The number of rotatable bonds is 2. The smallest absolute Gasteiger partial charge is 0.433 e. The summed E-state index contributed by atoms with van der Waals surface area (Å²) in [5.41, 5.74) is 0.401. The molecule has 0 saturated heterocycles. The highest BCUT2D eigenvalue weighted by molar-refractivity contribution is 6.06. The van der Waals surface area contributed by atoms with Gasteiger partial charge in [-0.15, -0.1) is 0 Å². The SMILES string of the molecule is Cc1cc(C(=O)Nc2cccc3oc(C(F)(F)F)nc23)on1. The summed E-state index contributed by atoms with van der Waals surface area (Å²) in [6, 6.07) is 5.58. The minimum atomic E-state index is -4.71. The summed E-state index contributed by atoms with van der Waals surface area (Å²) >= 11 is 0. The van der Waals surface area contributed by atoms with Crippen molar-refractivity contribution in [3.05, 3.63) is 41.6 Å². The van der Waals surface area contributed by atoms with Crippen LogP contribution in [0.15, 0.2) is 33.2 Å². The predicted molar refractivity (Wildman–Crippen MR) is 68.2 cm³/mol. The Kier molecular flexibility index (Phi) is 3.12. The molecule has 0 bridgehead atoms. The van der Waals surface area contributed by atoms with Crippen LogP contribution in [0.5, 0.6) is 0 Å². The number of carbonyl (C=O) groups excluding carboxylic acids is 1. The fraction of sp³-hybridized carbons (Fsp3) is 0.154. The van der Waals surface area contributed by atoms with Crippen LogP contribution in [0.3, 0.4) is 0 Å². The molecule has 0 aliphatic heterocycles. The second-order valence-electron chi connectivity index (χ2n) is 4.46. The highest BCUT2D eigenvalue weighted by atomic mass is 19.4. The number of oxazole rings is 1. The van der Waals surface area contributed by atoms with Gasteiger partial charge < -0.3 is 14.3 Å². The zero-order valence-electron chi connectivity index (χ0n) is 11.1. The van der Waals surface area contributed by atoms with Gasteiger partial charge in [0.25, 0.3) is 5.91 Å². The Morgan fingerprint density at radius 3 is 2.73 bits per heavy atom.